The highest BCUT2D eigenvalue weighted by atomic mass is 32.1. The summed E-state index contributed by atoms with van der Waals surface area (Å²) in [4.78, 5) is 21.1. The highest BCUT2D eigenvalue weighted by Gasteiger charge is 2.16. The quantitative estimate of drug-likeness (QED) is 0.810. The van der Waals surface area contributed by atoms with E-state index in [4.69, 9.17) is 0 Å². The molecule has 1 aliphatic rings. The average Bonchev–Trinajstić information content (AvgIpc) is 2.79. The molecular formula is C16H27N3OS. The molecule has 0 atom stereocenters. The van der Waals surface area contributed by atoms with Gasteiger partial charge in [-0.05, 0) is 38.8 Å². The van der Waals surface area contributed by atoms with Gasteiger partial charge in [0.1, 0.15) is 5.69 Å². The predicted octanol–water partition coefficient (Wildman–Crippen LogP) is 3.04. The zero-order valence-corrected chi connectivity index (χ0v) is 14.1. The van der Waals surface area contributed by atoms with E-state index in [0.717, 1.165) is 30.9 Å². The molecule has 118 valence electrons. The molecule has 1 aliphatic heterocycles. The maximum absolute atomic E-state index is 12.4. The van der Waals surface area contributed by atoms with Crippen LogP contribution in [0.5, 0.6) is 0 Å². The van der Waals surface area contributed by atoms with Gasteiger partial charge in [0.15, 0.2) is 0 Å². The van der Waals surface area contributed by atoms with Gasteiger partial charge in [-0.3, -0.25) is 4.79 Å². The molecule has 1 fully saturated rings. The molecule has 2 heterocycles. The Bertz CT molecular complexity index is 438. The lowest BCUT2D eigenvalue weighted by Crippen LogP contribution is -2.37. The van der Waals surface area contributed by atoms with Crippen LogP contribution in [-0.4, -0.2) is 53.9 Å². The molecular weight excluding hydrogens is 282 g/mol. The van der Waals surface area contributed by atoms with Crippen molar-refractivity contribution in [3.63, 3.8) is 0 Å². The minimum atomic E-state index is 0.0587. The largest absolute Gasteiger partial charge is 0.339 e. The molecule has 0 bridgehead atoms. The second-order valence-electron chi connectivity index (χ2n) is 5.86. The number of nitrogens with zero attached hydrogens (tertiary/aromatic N) is 3. The van der Waals surface area contributed by atoms with E-state index in [1.165, 1.54) is 38.8 Å². The molecule has 0 aliphatic carbocycles. The Labute approximate surface area is 132 Å². The van der Waals surface area contributed by atoms with Gasteiger partial charge in [0.2, 0.25) is 0 Å². The first-order valence-corrected chi connectivity index (χ1v) is 9.01. The van der Waals surface area contributed by atoms with Gasteiger partial charge in [-0.2, -0.15) is 0 Å². The minimum absolute atomic E-state index is 0.0587. The number of carbonyl (C=O) groups is 1. The lowest BCUT2D eigenvalue weighted by Gasteiger charge is -2.23. The van der Waals surface area contributed by atoms with Crippen LogP contribution in [0.25, 0.3) is 0 Å². The maximum Gasteiger partial charge on any atom is 0.273 e. The smallest absolute Gasteiger partial charge is 0.273 e. The molecule has 1 aromatic rings. The fourth-order valence-corrected chi connectivity index (χ4v) is 3.56. The summed E-state index contributed by atoms with van der Waals surface area (Å²) in [5.41, 5.74) is 0.613. The van der Waals surface area contributed by atoms with E-state index in [1.54, 1.807) is 11.3 Å². The Morgan fingerprint density at radius 2 is 2.05 bits per heavy atom. The Morgan fingerprint density at radius 1 is 1.33 bits per heavy atom. The average molecular weight is 309 g/mol. The molecule has 1 amide bonds. The topological polar surface area (TPSA) is 36.4 Å². The van der Waals surface area contributed by atoms with Crippen LogP contribution >= 0.6 is 11.3 Å². The summed E-state index contributed by atoms with van der Waals surface area (Å²) in [5.74, 6) is 0.0587. The third kappa shape index (κ3) is 5.08. The highest BCUT2D eigenvalue weighted by Crippen LogP contribution is 2.13. The molecule has 0 N–H and O–H groups in total. The lowest BCUT2D eigenvalue weighted by atomic mass is 10.2. The van der Waals surface area contributed by atoms with Gasteiger partial charge in [0.25, 0.3) is 5.91 Å². The number of rotatable bonds is 6. The third-order valence-electron chi connectivity index (χ3n) is 4.03. The second kappa shape index (κ2) is 8.49. The number of aryl methyl sites for hydroxylation is 1. The summed E-state index contributed by atoms with van der Waals surface area (Å²) in [6.45, 7) is 6.27. The van der Waals surface area contributed by atoms with E-state index in [2.05, 4.69) is 16.8 Å². The maximum atomic E-state index is 12.4. The number of amides is 1. The molecule has 5 heteroatoms. The van der Waals surface area contributed by atoms with Crippen molar-refractivity contribution in [2.45, 2.75) is 45.4 Å². The van der Waals surface area contributed by atoms with Gasteiger partial charge in [0, 0.05) is 25.5 Å². The van der Waals surface area contributed by atoms with Crippen LogP contribution in [0.3, 0.4) is 0 Å². The van der Waals surface area contributed by atoms with E-state index in [-0.39, 0.29) is 5.91 Å². The standard InChI is InChI=1S/C16H27N3OS/c1-3-8-15-17-14(13-21-15)16(20)18(2)11-12-19-9-6-4-5-7-10-19/h13H,3-12H2,1-2H3. The Hall–Kier alpha value is -0.940. The summed E-state index contributed by atoms with van der Waals surface area (Å²) in [6, 6.07) is 0. The normalized spacial score (nSPS) is 16.7. The Balaban J connectivity index is 1.80. The summed E-state index contributed by atoms with van der Waals surface area (Å²) >= 11 is 1.60. The van der Waals surface area contributed by atoms with E-state index in [0.29, 0.717) is 5.69 Å². The van der Waals surface area contributed by atoms with Gasteiger partial charge in [-0.25, -0.2) is 4.98 Å². The molecule has 0 unspecified atom stereocenters. The van der Waals surface area contributed by atoms with Crippen molar-refractivity contribution >= 4 is 17.2 Å². The van der Waals surface area contributed by atoms with Gasteiger partial charge in [-0.15, -0.1) is 11.3 Å². The highest BCUT2D eigenvalue weighted by molar-refractivity contribution is 7.09. The summed E-state index contributed by atoms with van der Waals surface area (Å²) in [6.07, 6.45) is 7.34. The fraction of sp³-hybridized carbons (Fsp3) is 0.750. The first kappa shape index (κ1) is 16.4. The number of likely N-dealkylation sites (tertiary alicyclic amines) is 1. The predicted molar refractivity (Wildman–Crippen MR) is 88.0 cm³/mol. The molecule has 2 rings (SSSR count). The molecule has 0 radical (unpaired) electrons. The number of hydrogen-bond donors (Lipinski definition) is 0. The summed E-state index contributed by atoms with van der Waals surface area (Å²) < 4.78 is 0. The fourth-order valence-electron chi connectivity index (χ4n) is 2.69. The van der Waals surface area contributed by atoms with E-state index < -0.39 is 0 Å². The van der Waals surface area contributed by atoms with E-state index in [1.807, 2.05) is 17.3 Å². The Morgan fingerprint density at radius 3 is 2.71 bits per heavy atom. The van der Waals surface area contributed by atoms with Crippen molar-refractivity contribution in [3.8, 4) is 0 Å². The van der Waals surface area contributed by atoms with Gasteiger partial charge < -0.3 is 9.80 Å². The van der Waals surface area contributed by atoms with Crippen LogP contribution in [-0.2, 0) is 6.42 Å². The van der Waals surface area contributed by atoms with Crippen LogP contribution in [0.2, 0.25) is 0 Å². The first-order chi connectivity index (χ1) is 10.2. The van der Waals surface area contributed by atoms with Crippen molar-refractivity contribution < 1.29 is 4.79 Å². The van der Waals surface area contributed by atoms with Crippen LogP contribution in [0.4, 0.5) is 0 Å². The lowest BCUT2D eigenvalue weighted by molar-refractivity contribution is 0.0773. The molecule has 21 heavy (non-hydrogen) atoms. The van der Waals surface area contributed by atoms with E-state index >= 15 is 0 Å². The van der Waals surface area contributed by atoms with Crippen molar-refractivity contribution in [2.75, 3.05) is 33.2 Å². The van der Waals surface area contributed by atoms with Crippen molar-refractivity contribution in [1.29, 1.82) is 0 Å². The van der Waals surface area contributed by atoms with Crippen molar-refractivity contribution in [2.24, 2.45) is 0 Å². The van der Waals surface area contributed by atoms with Crippen LogP contribution in [0.15, 0.2) is 5.38 Å². The van der Waals surface area contributed by atoms with Crippen LogP contribution < -0.4 is 0 Å². The molecule has 0 saturated carbocycles. The zero-order chi connectivity index (χ0) is 15.1. The minimum Gasteiger partial charge on any atom is -0.339 e. The summed E-state index contributed by atoms with van der Waals surface area (Å²) in [7, 11) is 1.89. The number of aromatic nitrogens is 1. The monoisotopic (exact) mass is 309 g/mol. The molecule has 1 aromatic heterocycles. The third-order valence-corrected chi connectivity index (χ3v) is 4.94. The zero-order valence-electron chi connectivity index (χ0n) is 13.3. The summed E-state index contributed by atoms with van der Waals surface area (Å²) in [5, 5.41) is 2.97. The van der Waals surface area contributed by atoms with Gasteiger partial charge >= 0.3 is 0 Å². The first-order valence-electron chi connectivity index (χ1n) is 8.13. The van der Waals surface area contributed by atoms with Crippen LogP contribution in [0.1, 0.15) is 54.5 Å². The van der Waals surface area contributed by atoms with Crippen LogP contribution in [0, 0.1) is 0 Å². The molecule has 4 nitrogen and oxygen atoms in total. The number of carbonyl (C=O) groups excluding carboxylic acids is 1. The number of hydrogen-bond acceptors (Lipinski definition) is 4. The second-order valence-corrected chi connectivity index (χ2v) is 6.80. The molecule has 0 spiro atoms. The van der Waals surface area contributed by atoms with Gasteiger partial charge in [-0.1, -0.05) is 19.8 Å². The number of thiazole rings is 1. The van der Waals surface area contributed by atoms with Gasteiger partial charge in [0.05, 0.1) is 5.01 Å². The van der Waals surface area contributed by atoms with Crippen molar-refractivity contribution in [3.05, 3.63) is 16.1 Å². The Kier molecular flexibility index (Phi) is 6.64. The molecule has 1 saturated heterocycles. The molecule has 0 aromatic carbocycles. The number of likely N-dealkylation sites (N-methyl/N-ethyl adjacent to an activating group) is 1. The SMILES string of the molecule is CCCc1nc(C(=O)N(C)CCN2CCCCCC2)cs1. The van der Waals surface area contributed by atoms with E-state index in [9.17, 15) is 4.79 Å². The van der Waals surface area contributed by atoms with Crippen molar-refractivity contribution in [1.82, 2.24) is 14.8 Å².